The minimum absolute atomic E-state index is 0.298. The maximum Gasteiger partial charge on any atom is 0.333 e. The molecule has 0 rings (SSSR count). The first kappa shape index (κ1) is 11.2. The van der Waals surface area contributed by atoms with Gasteiger partial charge >= 0.3 is 5.97 Å². The molecule has 0 aliphatic heterocycles. The molecule has 0 fully saturated rings. The van der Waals surface area contributed by atoms with Crippen LogP contribution in [-0.2, 0) is 9.53 Å². The van der Waals surface area contributed by atoms with E-state index in [-0.39, 0.29) is 5.97 Å². The van der Waals surface area contributed by atoms with Gasteiger partial charge in [0, 0.05) is 12.1 Å². The second-order valence-corrected chi connectivity index (χ2v) is 3.62. The summed E-state index contributed by atoms with van der Waals surface area (Å²) >= 11 is 0. The number of hydrogen-bond acceptors (Lipinski definition) is 3. The Balaban J connectivity index is 4.15. The molecule has 0 amide bonds. The van der Waals surface area contributed by atoms with Gasteiger partial charge in [-0.1, -0.05) is 6.08 Å². The van der Waals surface area contributed by atoms with Gasteiger partial charge in [0.1, 0.15) is 5.60 Å². The van der Waals surface area contributed by atoms with Gasteiger partial charge in [-0.2, -0.15) is 0 Å². The Morgan fingerprint density at radius 2 is 2.00 bits per heavy atom. The molecule has 0 radical (unpaired) electrons. The maximum absolute atomic E-state index is 11.2. The summed E-state index contributed by atoms with van der Waals surface area (Å²) < 4.78 is 5.09. The van der Waals surface area contributed by atoms with Crippen LogP contribution in [0.2, 0.25) is 0 Å². The molecule has 0 aliphatic rings. The Morgan fingerprint density at radius 1 is 1.50 bits per heavy atom. The highest BCUT2D eigenvalue weighted by molar-refractivity contribution is 5.88. The molecule has 0 saturated carbocycles. The summed E-state index contributed by atoms with van der Waals surface area (Å²) in [4.78, 5) is 11.2. The summed E-state index contributed by atoms with van der Waals surface area (Å²) in [5.74, 6) is -0.298. The van der Waals surface area contributed by atoms with Crippen LogP contribution < -0.4 is 5.73 Å². The molecule has 0 saturated heterocycles. The van der Waals surface area contributed by atoms with Crippen LogP contribution in [0.4, 0.5) is 0 Å². The number of carbonyl (C=O) groups is 1. The van der Waals surface area contributed by atoms with Gasteiger partial charge in [-0.25, -0.2) is 4.79 Å². The van der Waals surface area contributed by atoms with Crippen molar-refractivity contribution in [3.8, 4) is 0 Å². The van der Waals surface area contributed by atoms with E-state index in [9.17, 15) is 4.79 Å². The van der Waals surface area contributed by atoms with E-state index in [2.05, 4.69) is 0 Å². The van der Waals surface area contributed by atoms with Gasteiger partial charge in [0.15, 0.2) is 0 Å². The lowest BCUT2D eigenvalue weighted by Gasteiger charge is -2.19. The van der Waals surface area contributed by atoms with Crippen LogP contribution in [0.3, 0.4) is 0 Å². The molecule has 0 heterocycles. The number of ether oxygens (including phenoxy) is 1. The molecule has 0 spiro atoms. The fourth-order valence-corrected chi connectivity index (χ4v) is 0.619. The zero-order valence-electron chi connectivity index (χ0n) is 8.18. The lowest BCUT2D eigenvalue weighted by Crippen LogP contribution is -2.24. The van der Waals surface area contributed by atoms with Gasteiger partial charge in [-0.05, 0) is 27.7 Å². The normalized spacial score (nSPS) is 12.9. The summed E-state index contributed by atoms with van der Waals surface area (Å²) in [5.41, 5.74) is 5.38. The number of carbonyl (C=O) groups excluding carboxylic acids is 1. The van der Waals surface area contributed by atoms with E-state index in [1.165, 1.54) is 0 Å². The highest BCUT2D eigenvalue weighted by Crippen LogP contribution is 2.09. The van der Waals surface area contributed by atoms with Crippen molar-refractivity contribution in [2.45, 2.75) is 33.3 Å². The lowest BCUT2D eigenvalue weighted by molar-refractivity contribution is -0.149. The average molecular weight is 171 g/mol. The predicted molar refractivity (Wildman–Crippen MR) is 48.7 cm³/mol. The summed E-state index contributed by atoms with van der Waals surface area (Å²) in [6.45, 7) is 7.56. The Kier molecular flexibility index (Phi) is 3.96. The van der Waals surface area contributed by atoms with Crippen LogP contribution in [0.5, 0.6) is 0 Å². The summed E-state index contributed by atoms with van der Waals surface area (Å²) in [7, 11) is 0. The topological polar surface area (TPSA) is 52.3 Å². The Morgan fingerprint density at radius 3 is 2.33 bits per heavy atom. The molecule has 0 aromatic carbocycles. The van der Waals surface area contributed by atoms with Gasteiger partial charge < -0.3 is 10.5 Å². The molecule has 0 aliphatic carbocycles. The summed E-state index contributed by atoms with van der Waals surface area (Å²) in [6, 6.07) is 0. The fraction of sp³-hybridized carbons (Fsp3) is 0.667. The van der Waals surface area contributed by atoms with Gasteiger partial charge in [0.25, 0.3) is 0 Å². The van der Waals surface area contributed by atoms with Crippen molar-refractivity contribution in [3.05, 3.63) is 11.6 Å². The van der Waals surface area contributed by atoms with Gasteiger partial charge in [0.05, 0.1) is 0 Å². The van der Waals surface area contributed by atoms with Crippen LogP contribution in [0.1, 0.15) is 27.7 Å². The van der Waals surface area contributed by atoms with Crippen LogP contribution in [0.15, 0.2) is 11.6 Å². The largest absolute Gasteiger partial charge is 0.457 e. The third-order valence-corrected chi connectivity index (χ3v) is 1.14. The van der Waals surface area contributed by atoms with Crippen LogP contribution in [-0.4, -0.2) is 18.1 Å². The number of esters is 1. The third kappa shape index (κ3) is 4.91. The molecule has 3 nitrogen and oxygen atoms in total. The SMILES string of the molecule is C/C(=C\CN)C(=O)OC(C)(C)C. The van der Waals surface area contributed by atoms with Gasteiger partial charge in [-0.15, -0.1) is 0 Å². The number of nitrogens with two attached hydrogens (primary N) is 1. The lowest BCUT2D eigenvalue weighted by atomic mass is 10.2. The van der Waals surface area contributed by atoms with E-state index in [4.69, 9.17) is 10.5 Å². The number of hydrogen-bond donors (Lipinski definition) is 1. The monoisotopic (exact) mass is 171 g/mol. The smallest absolute Gasteiger partial charge is 0.333 e. The minimum Gasteiger partial charge on any atom is -0.457 e. The van der Waals surface area contributed by atoms with Crippen LogP contribution in [0, 0.1) is 0 Å². The third-order valence-electron chi connectivity index (χ3n) is 1.14. The zero-order valence-corrected chi connectivity index (χ0v) is 8.18. The Hall–Kier alpha value is -0.830. The molecule has 0 bridgehead atoms. The highest BCUT2D eigenvalue weighted by atomic mass is 16.6. The van der Waals surface area contributed by atoms with Crippen molar-refractivity contribution in [1.82, 2.24) is 0 Å². The van der Waals surface area contributed by atoms with Gasteiger partial charge in [-0.3, -0.25) is 0 Å². The molecular formula is C9H17NO2. The number of rotatable bonds is 2. The van der Waals surface area contributed by atoms with E-state index in [0.717, 1.165) is 0 Å². The molecular weight excluding hydrogens is 154 g/mol. The zero-order chi connectivity index (χ0) is 9.78. The molecule has 0 unspecified atom stereocenters. The van der Waals surface area contributed by atoms with Crippen molar-refractivity contribution in [2.75, 3.05) is 6.54 Å². The quantitative estimate of drug-likeness (QED) is 0.502. The van der Waals surface area contributed by atoms with E-state index in [0.29, 0.717) is 12.1 Å². The van der Waals surface area contributed by atoms with E-state index in [1.807, 2.05) is 20.8 Å². The second-order valence-electron chi connectivity index (χ2n) is 3.62. The van der Waals surface area contributed by atoms with Crippen LogP contribution >= 0.6 is 0 Å². The Labute approximate surface area is 73.6 Å². The summed E-state index contributed by atoms with van der Waals surface area (Å²) in [6.07, 6.45) is 1.65. The minimum atomic E-state index is -0.430. The first-order valence-corrected chi connectivity index (χ1v) is 3.97. The van der Waals surface area contributed by atoms with E-state index in [1.54, 1.807) is 13.0 Å². The van der Waals surface area contributed by atoms with Gasteiger partial charge in [0.2, 0.25) is 0 Å². The van der Waals surface area contributed by atoms with Crippen molar-refractivity contribution in [1.29, 1.82) is 0 Å². The fourth-order valence-electron chi connectivity index (χ4n) is 0.619. The van der Waals surface area contributed by atoms with Crippen molar-refractivity contribution >= 4 is 5.97 Å². The van der Waals surface area contributed by atoms with E-state index >= 15 is 0 Å². The first-order chi connectivity index (χ1) is 5.37. The van der Waals surface area contributed by atoms with Crippen molar-refractivity contribution < 1.29 is 9.53 Å². The standard InChI is InChI=1S/C9H17NO2/c1-7(5-6-10)8(11)12-9(2,3)4/h5H,6,10H2,1-4H3/b7-5+. The van der Waals surface area contributed by atoms with Crippen LogP contribution in [0.25, 0.3) is 0 Å². The highest BCUT2D eigenvalue weighted by Gasteiger charge is 2.16. The molecule has 2 N–H and O–H groups in total. The van der Waals surface area contributed by atoms with E-state index < -0.39 is 5.60 Å². The average Bonchev–Trinajstić information content (AvgIpc) is 1.84. The summed E-state index contributed by atoms with van der Waals surface area (Å²) in [5, 5.41) is 0. The molecule has 12 heavy (non-hydrogen) atoms. The molecule has 70 valence electrons. The predicted octanol–water partition coefficient (Wildman–Crippen LogP) is 1.23. The maximum atomic E-state index is 11.2. The molecule has 0 atom stereocenters. The molecule has 0 aromatic rings. The first-order valence-electron chi connectivity index (χ1n) is 3.97. The molecule has 3 heteroatoms. The molecule has 0 aromatic heterocycles. The second kappa shape index (κ2) is 4.26. The van der Waals surface area contributed by atoms with Crippen molar-refractivity contribution in [3.63, 3.8) is 0 Å². The van der Waals surface area contributed by atoms with Crippen molar-refractivity contribution in [2.24, 2.45) is 5.73 Å². The Bertz CT molecular complexity index is 189.